The van der Waals surface area contributed by atoms with E-state index in [0.717, 1.165) is 131 Å². The molecule has 38 heavy (non-hydrogen) atoms. The topological polar surface area (TPSA) is 103 Å². The number of anilines is 2. The van der Waals surface area contributed by atoms with Crippen molar-refractivity contribution in [2.75, 3.05) is 115 Å². The summed E-state index contributed by atoms with van der Waals surface area (Å²) in [7, 11) is 0. The maximum atomic E-state index is 3.64. The molecule has 8 N–H and O–H groups in total. The molecule has 0 aromatic heterocycles. The van der Waals surface area contributed by atoms with Crippen molar-refractivity contribution >= 4 is 11.4 Å². The third kappa shape index (κ3) is 14.0. The van der Waals surface area contributed by atoms with Crippen LogP contribution in [0.5, 0.6) is 0 Å². The second-order valence-corrected chi connectivity index (χ2v) is 10.3. The molecule has 2 saturated heterocycles. The van der Waals surface area contributed by atoms with Crippen molar-refractivity contribution in [3.05, 3.63) is 24.3 Å². The molecule has 10 heteroatoms. The van der Waals surface area contributed by atoms with Gasteiger partial charge in [0, 0.05) is 11.4 Å². The zero-order chi connectivity index (χ0) is 26.4. The Morgan fingerprint density at radius 2 is 0.526 bits per heavy atom. The van der Waals surface area contributed by atoms with Crippen LogP contribution in [-0.4, -0.2) is 105 Å². The van der Waals surface area contributed by atoms with Crippen LogP contribution in [0.15, 0.2) is 24.3 Å². The van der Waals surface area contributed by atoms with Crippen molar-refractivity contribution in [1.82, 2.24) is 42.5 Å². The first-order valence-corrected chi connectivity index (χ1v) is 15.2. The molecular weight excluding hydrogens is 476 g/mol. The van der Waals surface area contributed by atoms with Gasteiger partial charge in [-0.25, -0.2) is 0 Å². The zero-order valence-electron chi connectivity index (χ0n) is 23.8. The average molecular weight is 533 g/mol. The second kappa shape index (κ2) is 21.3. The van der Waals surface area contributed by atoms with E-state index in [-0.39, 0.29) is 0 Å². The molecule has 3 rings (SSSR count). The summed E-state index contributed by atoms with van der Waals surface area (Å²) in [5.41, 5.74) is 2.50. The number of hydrogen-bond acceptors (Lipinski definition) is 10. The fourth-order valence-corrected chi connectivity index (χ4v) is 4.74. The van der Waals surface area contributed by atoms with Crippen molar-refractivity contribution < 1.29 is 0 Å². The van der Waals surface area contributed by atoms with Gasteiger partial charge in [-0.2, -0.15) is 0 Å². The van der Waals surface area contributed by atoms with E-state index in [1.165, 1.54) is 24.2 Å². The van der Waals surface area contributed by atoms with Crippen molar-refractivity contribution in [2.45, 2.75) is 38.5 Å². The summed E-state index contributed by atoms with van der Waals surface area (Å²) < 4.78 is 0. The number of nitrogens with zero attached hydrogens (tertiary/aromatic N) is 2. The van der Waals surface area contributed by atoms with Crippen molar-refractivity contribution in [3.63, 3.8) is 0 Å². The lowest BCUT2D eigenvalue weighted by atomic mass is 10.2. The largest absolute Gasteiger partial charge is 0.346 e. The Morgan fingerprint density at radius 3 is 0.763 bits per heavy atom. The SMILES string of the molecule is c1cc(N2CNCCCNCCCNCCCNC2)ccc1N1CNCCCNCCCNCCCNC1. The van der Waals surface area contributed by atoms with E-state index < -0.39 is 0 Å². The fourth-order valence-electron chi connectivity index (χ4n) is 4.74. The highest BCUT2D eigenvalue weighted by Crippen LogP contribution is 2.20. The highest BCUT2D eigenvalue weighted by molar-refractivity contribution is 5.56. The maximum absolute atomic E-state index is 3.64. The standard InChI is InChI=1S/C28H56N10/c1-11-29-15-3-19-33-23-37(24-34-20-4-16-30-12-1)27-7-9-28(10-8-27)38-25-35-21-5-17-31-13-2-14-32-18-6-22-36-26-38/h7-10,29-36H,1-6,11-26H2. The van der Waals surface area contributed by atoms with Crippen LogP contribution in [0.1, 0.15) is 38.5 Å². The van der Waals surface area contributed by atoms with Crippen molar-refractivity contribution in [2.24, 2.45) is 0 Å². The molecule has 0 bridgehead atoms. The molecule has 0 amide bonds. The number of benzene rings is 1. The average Bonchev–Trinajstić information content (AvgIpc) is 2.93. The minimum Gasteiger partial charge on any atom is -0.346 e. The van der Waals surface area contributed by atoms with Gasteiger partial charge in [-0.1, -0.05) is 0 Å². The van der Waals surface area contributed by atoms with Gasteiger partial charge < -0.3 is 31.1 Å². The Labute approximate surface area is 231 Å². The molecule has 2 heterocycles. The highest BCUT2D eigenvalue weighted by Gasteiger charge is 2.10. The Bertz CT molecular complexity index is 585. The maximum Gasteiger partial charge on any atom is 0.0695 e. The van der Waals surface area contributed by atoms with E-state index in [0.29, 0.717) is 0 Å². The third-order valence-corrected chi connectivity index (χ3v) is 7.03. The van der Waals surface area contributed by atoms with Gasteiger partial charge in [0.25, 0.3) is 0 Å². The molecule has 0 radical (unpaired) electrons. The van der Waals surface area contributed by atoms with Gasteiger partial charge in [-0.05, 0) is 141 Å². The summed E-state index contributed by atoms with van der Waals surface area (Å²) in [6, 6.07) is 9.08. The van der Waals surface area contributed by atoms with Gasteiger partial charge in [0.2, 0.25) is 0 Å². The van der Waals surface area contributed by atoms with Gasteiger partial charge in [-0.3, -0.25) is 21.3 Å². The van der Waals surface area contributed by atoms with Gasteiger partial charge in [0.1, 0.15) is 0 Å². The number of hydrogen-bond donors (Lipinski definition) is 8. The molecule has 0 unspecified atom stereocenters. The molecule has 1 aromatic rings. The van der Waals surface area contributed by atoms with E-state index in [2.05, 4.69) is 76.6 Å². The third-order valence-electron chi connectivity index (χ3n) is 7.03. The van der Waals surface area contributed by atoms with Gasteiger partial charge >= 0.3 is 0 Å². The van der Waals surface area contributed by atoms with E-state index in [1.807, 2.05) is 0 Å². The van der Waals surface area contributed by atoms with Crippen LogP contribution < -0.4 is 52.3 Å². The Morgan fingerprint density at radius 1 is 0.316 bits per heavy atom. The molecule has 0 spiro atoms. The van der Waals surface area contributed by atoms with E-state index >= 15 is 0 Å². The second-order valence-electron chi connectivity index (χ2n) is 10.3. The fraction of sp³-hybridized carbons (Fsp3) is 0.786. The van der Waals surface area contributed by atoms with Crippen LogP contribution in [0.4, 0.5) is 11.4 Å². The van der Waals surface area contributed by atoms with Crippen LogP contribution in [-0.2, 0) is 0 Å². The molecular formula is C28H56N10. The van der Waals surface area contributed by atoms with Crippen LogP contribution in [0.2, 0.25) is 0 Å². The van der Waals surface area contributed by atoms with Gasteiger partial charge in [0.15, 0.2) is 0 Å². The minimum absolute atomic E-state index is 0.847. The quantitative estimate of drug-likeness (QED) is 0.270. The summed E-state index contributed by atoms with van der Waals surface area (Å²) in [6.45, 7) is 16.2. The molecule has 2 aliphatic rings. The van der Waals surface area contributed by atoms with Crippen molar-refractivity contribution in [1.29, 1.82) is 0 Å². The summed E-state index contributed by atoms with van der Waals surface area (Å²) in [4.78, 5) is 4.81. The van der Waals surface area contributed by atoms with Crippen molar-refractivity contribution in [3.8, 4) is 0 Å². The van der Waals surface area contributed by atoms with Crippen LogP contribution in [0.25, 0.3) is 0 Å². The lowest BCUT2D eigenvalue weighted by Crippen LogP contribution is -2.42. The summed E-state index contributed by atoms with van der Waals surface area (Å²) in [5, 5.41) is 28.8. The summed E-state index contributed by atoms with van der Waals surface area (Å²) in [5.74, 6) is 0. The Balaban J connectivity index is 1.53. The predicted molar refractivity (Wildman–Crippen MR) is 162 cm³/mol. The molecule has 10 nitrogen and oxygen atoms in total. The molecule has 1 aromatic carbocycles. The lowest BCUT2D eigenvalue weighted by molar-refractivity contribution is 0.526. The number of nitrogens with one attached hydrogen (secondary N) is 8. The minimum atomic E-state index is 0.847. The molecule has 2 fully saturated rings. The van der Waals surface area contributed by atoms with Crippen LogP contribution in [0.3, 0.4) is 0 Å². The Kier molecular flexibility index (Phi) is 17.4. The first kappa shape index (κ1) is 31.0. The lowest BCUT2D eigenvalue weighted by Gasteiger charge is -2.29. The first-order chi connectivity index (χ1) is 18.9. The van der Waals surface area contributed by atoms with E-state index in [9.17, 15) is 0 Å². The zero-order valence-corrected chi connectivity index (χ0v) is 23.8. The summed E-state index contributed by atoms with van der Waals surface area (Å²) in [6.07, 6.45) is 6.99. The smallest absolute Gasteiger partial charge is 0.0695 e. The van der Waals surface area contributed by atoms with Gasteiger partial charge in [-0.15, -0.1) is 0 Å². The first-order valence-electron chi connectivity index (χ1n) is 15.2. The predicted octanol–water partition coefficient (Wildman–Crippen LogP) is 0.214. The molecule has 218 valence electrons. The van der Waals surface area contributed by atoms with E-state index in [1.54, 1.807) is 0 Å². The monoisotopic (exact) mass is 532 g/mol. The van der Waals surface area contributed by atoms with Crippen LogP contribution in [0, 0.1) is 0 Å². The highest BCUT2D eigenvalue weighted by atomic mass is 15.3. The summed E-state index contributed by atoms with van der Waals surface area (Å²) >= 11 is 0. The number of rotatable bonds is 2. The Hall–Kier alpha value is -1.50. The molecule has 0 saturated carbocycles. The van der Waals surface area contributed by atoms with Crippen LogP contribution >= 0.6 is 0 Å². The molecule has 0 aliphatic carbocycles. The van der Waals surface area contributed by atoms with Gasteiger partial charge in [0.05, 0.1) is 26.7 Å². The molecule has 0 atom stereocenters. The normalized spacial score (nSPS) is 22.6. The molecule has 2 aliphatic heterocycles. The van der Waals surface area contributed by atoms with E-state index in [4.69, 9.17) is 0 Å².